The highest BCUT2D eigenvalue weighted by Crippen LogP contribution is 2.32. The summed E-state index contributed by atoms with van der Waals surface area (Å²) in [5.41, 5.74) is 1.92. The van der Waals surface area contributed by atoms with Crippen molar-refractivity contribution in [3.8, 4) is 5.75 Å². The zero-order valence-corrected chi connectivity index (χ0v) is 20.2. The van der Waals surface area contributed by atoms with Crippen molar-refractivity contribution in [1.29, 1.82) is 0 Å². The van der Waals surface area contributed by atoms with Crippen molar-refractivity contribution in [1.82, 2.24) is 10.2 Å². The number of carbonyl (C=O) groups excluding carboxylic acids is 3. The summed E-state index contributed by atoms with van der Waals surface area (Å²) < 4.78 is 11.0. The molecule has 34 heavy (non-hydrogen) atoms. The molecule has 182 valence electrons. The normalized spacial score (nSPS) is 16.1. The van der Waals surface area contributed by atoms with Gasteiger partial charge in [0.15, 0.2) is 0 Å². The second kappa shape index (κ2) is 9.40. The van der Waals surface area contributed by atoms with Gasteiger partial charge in [0.1, 0.15) is 17.8 Å². The van der Waals surface area contributed by atoms with Gasteiger partial charge in [-0.1, -0.05) is 20.8 Å². The summed E-state index contributed by atoms with van der Waals surface area (Å²) in [4.78, 5) is 41.7. The van der Waals surface area contributed by atoms with E-state index in [1.54, 1.807) is 13.2 Å². The minimum absolute atomic E-state index is 0.0264. The minimum Gasteiger partial charge on any atom is -0.494 e. The molecule has 2 aromatic rings. The maximum absolute atomic E-state index is 12.9. The number of piperazine rings is 1. The molecule has 2 aliphatic rings. The molecule has 1 fully saturated rings. The molecule has 1 aromatic carbocycles. The summed E-state index contributed by atoms with van der Waals surface area (Å²) in [5.74, 6) is 0.495. The van der Waals surface area contributed by atoms with Crippen LogP contribution in [0.5, 0.6) is 5.75 Å². The van der Waals surface area contributed by atoms with Crippen LogP contribution >= 0.6 is 0 Å². The van der Waals surface area contributed by atoms with Crippen LogP contribution in [0.3, 0.4) is 0 Å². The Morgan fingerprint density at radius 1 is 1.18 bits per heavy atom. The Labute approximate surface area is 199 Å². The molecule has 4 rings (SSSR count). The number of fused-ring (bicyclic) bond motifs is 1. The maximum Gasteiger partial charge on any atom is 0.259 e. The lowest BCUT2D eigenvalue weighted by molar-refractivity contribution is -0.133. The van der Waals surface area contributed by atoms with Crippen LogP contribution in [0.1, 0.15) is 53.7 Å². The standard InChI is InChI=1S/C25H32N4O5/c1-25(2,3)14-21(30)29-11-9-28(10-12-29)16-5-6-18(20(13-16)33-4)27-23(31)17-15-34-19-7-8-26-24(32)22(17)19/h5-6,13,15H,7-12,14H2,1-4H3,(H,26,32)(H,27,31). The van der Waals surface area contributed by atoms with Crippen molar-refractivity contribution < 1.29 is 23.5 Å². The first kappa shape index (κ1) is 23.7. The average Bonchev–Trinajstić information content (AvgIpc) is 3.24. The SMILES string of the molecule is COc1cc(N2CCN(C(=O)CC(C)(C)C)CC2)ccc1NC(=O)c1coc2c1C(=O)NCC2. The van der Waals surface area contributed by atoms with Crippen molar-refractivity contribution >= 4 is 29.1 Å². The molecule has 3 heterocycles. The summed E-state index contributed by atoms with van der Waals surface area (Å²) in [5, 5.41) is 5.57. The number of nitrogens with one attached hydrogen (secondary N) is 2. The zero-order chi connectivity index (χ0) is 24.5. The second-order valence-electron chi connectivity index (χ2n) is 9.90. The Bertz CT molecular complexity index is 1090. The van der Waals surface area contributed by atoms with Crippen molar-refractivity contribution in [3.05, 3.63) is 41.3 Å². The third-order valence-corrected chi connectivity index (χ3v) is 6.09. The lowest BCUT2D eigenvalue weighted by atomic mass is 9.91. The van der Waals surface area contributed by atoms with E-state index in [-0.39, 0.29) is 22.8 Å². The number of carbonyl (C=O) groups is 3. The molecule has 1 aromatic heterocycles. The highest BCUT2D eigenvalue weighted by molar-refractivity contribution is 6.13. The van der Waals surface area contributed by atoms with Crippen LogP contribution in [-0.4, -0.2) is 62.5 Å². The summed E-state index contributed by atoms with van der Waals surface area (Å²) in [6.45, 7) is 9.50. The molecule has 0 unspecified atom stereocenters. The fourth-order valence-electron chi connectivity index (χ4n) is 4.33. The van der Waals surface area contributed by atoms with Gasteiger partial charge in [0.25, 0.3) is 11.8 Å². The molecule has 0 radical (unpaired) electrons. The summed E-state index contributed by atoms with van der Waals surface area (Å²) in [7, 11) is 1.55. The molecule has 1 saturated heterocycles. The first-order valence-electron chi connectivity index (χ1n) is 11.6. The monoisotopic (exact) mass is 468 g/mol. The van der Waals surface area contributed by atoms with Crippen LogP contribution in [0.4, 0.5) is 11.4 Å². The molecule has 9 nitrogen and oxygen atoms in total. The first-order chi connectivity index (χ1) is 16.2. The van der Waals surface area contributed by atoms with Crippen molar-refractivity contribution in [3.63, 3.8) is 0 Å². The molecule has 9 heteroatoms. The molecule has 2 N–H and O–H groups in total. The van der Waals surface area contributed by atoms with Crippen molar-refractivity contribution in [2.24, 2.45) is 5.41 Å². The molecule has 2 aliphatic heterocycles. The number of hydrogen-bond donors (Lipinski definition) is 2. The molecular weight excluding hydrogens is 436 g/mol. The van der Waals surface area contributed by atoms with Gasteiger partial charge in [0.2, 0.25) is 5.91 Å². The third kappa shape index (κ3) is 5.03. The Balaban J connectivity index is 1.43. The molecular formula is C25H32N4O5. The van der Waals surface area contributed by atoms with Crippen molar-refractivity contribution in [2.75, 3.05) is 50.1 Å². The smallest absolute Gasteiger partial charge is 0.259 e. The zero-order valence-electron chi connectivity index (χ0n) is 20.2. The van der Waals surface area contributed by atoms with Gasteiger partial charge >= 0.3 is 0 Å². The predicted octanol–water partition coefficient (Wildman–Crippen LogP) is 2.91. The van der Waals surface area contributed by atoms with Crippen LogP contribution in [0.25, 0.3) is 0 Å². The van der Waals surface area contributed by atoms with Crippen molar-refractivity contribution in [2.45, 2.75) is 33.6 Å². The number of benzene rings is 1. The maximum atomic E-state index is 12.9. The first-order valence-corrected chi connectivity index (χ1v) is 11.6. The van der Waals surface area contributed by atoms with Gasteiger partial charge in [-0.15, -0.1) is 0 Å². The van der Waals surface area contributed by atoms with Gasteiger partial charge in [-0.3, -0.25) is 14.4 Å². The van der Waals surface area contributed by atoms with Gasteiger partial charge < -0.3 is 29.6 Å². The van der Waals surface area contributed by atoms with Gasteiger partial charge in [0.05, 0.1) is 23.9 Å². The third-order valence-electron chi connectivity index (χ3n) is 6.09. The number of ether oxygens (including phenoxy) is 1. The van der Waals surface area contributed by atoms with Crippen LogP contribution < -0.4 is 20.3 Å². The molecule has 0 spiro atoms. The molecule has 0 saturated carbocycles. The fraction of sp³-hybridized carbons (Fsp3) is 0.480. The van der Waals surface area contributed by atoms with E-state index < -0.39 is 5.91 Å². The fourth-order valence-corrected chi connectivity index (χ4v) is 4.33. The lowest BCUT2D eigenvalue weighted by Crippen LogP contribution is -2.49. The Kier molecular flexibility index (Phi) is 6.54. The van der Waals surface area contributed by atoms with Gasteiger partial charge in [-0.25, -0.2) is 0 Å². The van der Waals surface area contributed by atoms with E-state index in [9.17, 15) is 14.4 Å². The average molecular weight is 469 g/mol. The topological polar surface area (TPSA) is 104 Å². The van der Waals surface area contributed by atoms with E-state index in [1.165, 1.54) is 6.26 Å². The lowest BCUT2D eigenvalue weighted by Gasteiger charge is -2.37. The molecule has 0 atom stereocenters. The highest BCUT2D eigenvalue weighted by atomic mass is 16.5. The Hall–Kier alpha value is -3.49. The van der Waals surface area contributed by atoms with Gasteiger partial charge in [0, 0.05) is 57.3 Å². The molecule has 0 aliphatic carbocycles. The van der Waals surface area contributed by atoms with E-state index in [2.05, 4.69) is 36.3 Å². The van der Waals surface area contributed by atoms with Crippen LogP contribution in [0.2, 0.25) is 0 Å². The number of anilines is 2. The van der Waals surface area contributed by atoms with E-state index >= 15 is 0 Å². The number of furan rings is 1. The quantitative estimate of drug-likeness (QED) is 0.699. The Morgan fingerprint density at radius 3 is 2.59 bits per heavy atom. The molecule has 0 bridgehead atoms. The van der Waals surface area contributed by atoms with Crippen LogP contribution in [-0.2, 0) is 11.2 Å². The van der Waals surface area contributed by atoms with Gasteiger partial charge in [-0.05, 0) is 17.5 Å². The molecule has 3 amide bonds. The number of methoxy groups -OCH3 is 1. The predicted molar refractivity (Wildman–Crippen MR) is 129 cm³/mol. The van der Waals surface area contributed by atoms with E-state index in [4.69, 9.17) is 9.15 Å². The van der Waals surface area contributed by atoms with Crippen LogP contribution in [0, 0.1) is 5.41 Å². The summed E-state index contributed by atoms with van der Waals surface area (Å²) in [6, 6.07) is 5.58. The summed E-state index contributed by atoms with van der Waals surface area (Å²) in [6.07, 6.45) is 2.42. The largest absolute Gasteiger partial charge is 0.494 e. The highest BCUT2D eigenvalue weighted by Gasteiger charge is 2.29. The number of nitrogens with zero attached hydrogens (tertiary/aromatic N) is 2. The number of hydrogen-bond acceptors (Lipinski definition) is 6. The minimum atomic E-state index is -0.431. The van der Waals surface area contributed by atoms with Gasteiger partial charge in [-0.2, -0.15) is 0 Å². The second-order valence-corrected chi connectivity index (χ2v) is 9.90. The van der Waals surface area contributed by atoms with E-state index in [1.807, 2.05) is 17.0 Å². The van der Waals surface area contributed by atoms with E-state index in [0.717, 1.165) is 18.8 Å². The summed E-state index contributed by atoms with van der Waals surface area (Å²) >= 11 is 0. The van der Waals surface area contributed by atoms with Crippen LogP contribution in [0.15, 0.2) is 28.9 Å². The Morgan fingerprint density at radius 2 is 1.91 bits per heavy atom. The van der Waals surface area contributed by atoms with E-state index in [0.29, 0.717) is 55.2 Å². The number of rotatable bonds is 5. The number of amides is 3.